The van der Waals surface area contributed by atoms with Crippen molar-refractivity contribution in [1.82, 2.24) is 19.8 Å². The fourth-order valence-electron chi connectivity index (χ4n) is 3.80. The van der Waals surface area contributed by atoms with Crippen LogP contribution in [0.4, 0.5) is 0 Å². The van der Waals surface area contributed by atoms with Crippen LogP contribution < -0.4 is 10.1 Å². The molecule has 0 atom stereocenters. The van der Waals surface area contributed by atoms with Crippen LogP contribution in [0.5, 0.6) is 5.75 Å². The second kappa shape index (κ2) is 9.72. The lowest BCUT2D eigenvalue weighted by Gasteiger charge is -2.30. The number of sulfonamides is 1. The Morgan fingerprint density at radius 1 is 1.18 bits per heavy atom. The maximum absolute atomic E-state index is 13.2. The van der Waals surface area contributed by atoms with Crippen molar-refractivity contribution in [2.24, 2.45) is 5.92 Å². The van der Waals surface area contributed by atoms with E-state index in [1.165, 1.54) is 4.31 Å². The lowest BCUT2D eigenvalue weighted by molar-refractivity contribution is -0.126. The third-order valence-electron chi connectivity index (χ3n) is 5.71. The summed E-state index contributed by atoms with van der Waals surface area (Å²) in [7, 11) is -2.09. The summed E-state index contributed by atoms with van der Waals surface area (Å²) in [4.78, 5) is 16.9. The zero-order chi connectivity index (χ0) is 23.4. The number of amides is 1. The van der Waals surface area contributed by atoms with Crippen molar-refractivity contribution in [2.45, 2.75) is 31.2 Å². The van der Waals surface area contributed by atoms with Crippen molar-refractivity contribution in [3.05, 3.63) is 60.0 Å². The molecule has 0 unspecified atom stereocenters. The van der Waals surface area contributed by atoms with Crippen molar-refractivity contribution in [3.8, 4) is 17.1 Å². The first-order chi connectivity index (χ1) is 15.9. The summed E-state index contributed by atoms with van der Waals surface area (Å²) in [5.74, 6) is 1.24. The summed E-state index contributed by atoms with van der Waals surface area (Å²) in [6.45, 7) is 2.67. The minimum Gasteiger partial charge on any atom is -0.497 e. The number of aromatic nitrogens is 2. The minimum absolute atomic E-state index is 0.0580. The molecule has 0 aliphatic carbocycles. The molecule has 174 valence electrons. The van der Waals surface area contributed by atoms with Crippen LogP contribution in [0.25, 0.3) is 11.4 Å². The normalized spacial score (nSPS) is 15.3. The molecule has 1 N–H and O–H groups in total. The SMILES string of the molecule is COc1ccc(CNC(=O)C2CCN(S(=O)(=O)c3cccc(-c4noc(C)n4)c3)CC2)cc1. The van der Waals surface area contributed by atoms with Gasteiger partial charge in [0, 0.05) is 38.0 Å². The van der Waals surface area contributed by atoms with Gasteiger partial charge in [-0.3, -0.25) is 4.79 Å². The maximum Gasteiger partial charge on any atom is 0.243 e. The Morgan fingerprint density at radius 2 is 1.91 bits per heavy atom. The highest BCUT2D eigenvalue weighted by molar-refractivity contribution is 7.89. The highest BCUT2D eigenvalue weighted by atomic mass is 32.2. The molecule has 0 radical (unpaired) electrons. The Balaban J connectivity index is 1.35. The molecule has 1 amide bonds. The molecule has 2 aromatic carbocycles. The fraction of sp³-hybridized carbons (Fsp3) is 0.348. The number of rotatable bonds is 7. The molecular formula is C23H26N4O5S. The van der Waals surface area contributed by atoms with Gasteiger partial charge in [0.05, 0.1) is 12.0 Å². The van der Waals surface area contributed by atoms with Crippen molar-refractivity contribution in [3.63, 3.8) is 0 Å². The predicted molar refractivity (Wildman–Crippen MR) is 121 cm³/mol. The van der Waals surface area contributed by atoms with Crippen LogP contribution in [-0.2, 0) is 21.4 Å². The summed E-state index contributed by atoms with van der Waals surface area (Å²) < 4.78 is 37.9. The minimum atomic E-state index is -3.69. The smallest absolute Gasteiger partial charge is 0.243 e. The first-order valence-electron chi connectivity index (χ1n) is 10.7. The molecule has 2 heterocycles. The van der Waals surface area contributed by atoms with Gasteiger partial charge in [-0.2, -0.15) is 9.29 Å². The standard InChI is InChI=1S/C23H26N4O5S/c1-16-25-22(26-32-16)19-4-3-5-21(14-19)33(29,30)27-12-10-18(11-13-27)23(28)24-15-17-6-8-20(31-2)9-7-17/h3-9,14,18H,10-13,15H2,1-2H3,(H,24,28). The monoisotopic (exact) mass is 470 g/mol. The molecule has 9 nitrogen and oxygen atoms in total. The Kier molecular flexibility index (Phi) is 6.75. The molecule has 1 aliphatic heterocycles. The molecule has 33 heavy (non-hydrogen) atoms. The number of benzene rings is 2. The van der Waals surface area contributed by atoms with Crippen molar-refractivity contribution in [2.75, 3.05) is 20.2 Å². The molecule has 0 spiro atoms. The van der Waals surface area contributed by atoms with E-state index >= 15 is 0 Å². The topological polar surface area (TPSA) is 115 Å². The van der Waals surface area contributed by atoms with Crippen LogP contribution >= 0.6 is 0 Å². The lowest BCUT2D eigenvalue weighted by atomic mass is 9.97. The number of methoxy groups -OCH3 is 1. The van der Waals surface area contributed by atoms with Gasteiger partial charge in [0.1, 0.15) is 5.75 Å². The number of piperidine rings is 1. The van der Waals surface area contributed by atoms with Crippen LogP contribution in [0.2, 0.25) is 0 Å². The third-order valence-corrected chi connectivity index (χ3v) is 7.60. The molecule has 1 fully saturated rings. The van der Waals surface area contributed by atoms with E-state index in [2.05, 4.69) is 15.5 Å². The van der Waals surface area contributed by atoms with E-state index in [1.807, 2.05) is 24.3 Å². The molecule has 0 bridgehead atoms. The average Bonchev–Trinajstić information content (AvgIpc) is 3.29. The number of carbonyl (C=O) groups excluding carboxylic acids is 1. The Bertz CT molecular complexity index is 1220. The van der Waals surface area contributed by atoms with E-state index < -0.39 is 10.0 Å². The van der Waals surface area contributed by atoms with E-state index in [9.17, 15) is 13.2 Å². The van der Waals surface area contributed by atoms with Crippen molar-refractivity contribution in [1.29, 1.82) is 0 Å². The number of hydrogen-bond donors (Lipinski definition) is 1. The van der Waals surface area contributed by atoms with Crippen molar-refractivity contribution >= 4 is 15.9 Å². The highest BCUT2D eigenvalue weighted by Crippen LogP contribution is 2.26. The summed E-state index contributed by atoms with van der Waals surface area (Å²) in [6, 6.07) is 14.0. The number of nitrogens with one attached hydrogen (secondary N) is 1. The first kappa shape index (κ1) is 22.9. The second-order valence-corrected chi connectivity index (χ2v) is 9.85. The van der Waals surface area contributed by atoms with Crippen LogP contribution in [0, 0.1) is 12.8 Å². The molecule has 0 saturated carbocycles. The molecule has 1 aromatic heterocycles. The summed E-state index contributed by atoms with van der Waals surface area (Å²) in [6.07, 6.45) is 0.939. The lowest BCUT2D eigenvalue weighted by Crippen LogP contribution is -2.42. The van der Waals surface area contributed by atoms with E-state index in [4.69, 9.17) is 9.26 Å². The number of hydrogen-bond acceptors (Lipinski definition) is 7. The number of aryl methyl sites for hydroxylation is 1. The van der Waals surface area contributed by atoms with Gasteiger partial charge in [0.2, 0.25) is 27.6 Å². The van der Waals surface area contributed by atoms with Gasteiger partial charge in [-0.15, -0.1) is 0 Å². The molecule has 3 aromatic rings. The van der Waals surface area contributed by atoms with Gasteiger partial charge < -0.3 is 14.6 Å². The Hall–Kier alpha value is -3.24. The number of carbonyl (C=O) groups is 1. The van der Waals surface area contributed by atoms with Crippen LogP contribution in [0.15, 0.2) is 57.9 Å². The first-order valence-corrected chi connectivity index (χ1v) is 12.1. The van der Waals surface area contributed by atoms with E-state index in [0.29, 0.717) is 36.7 Å². The maximum atomic E-state index is 13.2. The summed E-state index contributed by atoms with van der Waals surface area (Å²) in [5.41, 5.74) is 1.54. The summed E-state index contributed by atoms with van der Waals surface area (Å²) >= 11 is 0. The zero-order valence-electron chi connectivity index (χ0n) is 18.5. The Morgan fingerprint density at radius 3 is 2.55 bits per heavy atom. The number of ether oxygens (including phenoxy) is 1. The molecular weight excluding hydrogens is 444 g/mol. The Labute approximate surface area is 192 Å². The van der Waals surface area contributed by atoms with Crippen LogP contribution in [0.3, 0.4) is 0 Å². The fourth-order valence-corrected chi connectivity index (χ4v) is 5.31. The summed E-state index contributed by atoms with van der Waals surface area (Å²) in [5, 5.41) is 6.80. The molecule has 10 heteroatoms. The van der Waals surface area contributed by atoms with Gasteiger partial charge >= 0.3 is 0 Å². The largest absolute Gasteiger partial charge is 0.497 e. The van der Waals surface area contributed by atoms with Gasteiger partial charge in [-0.1, -0.05) is 29.4 Å². The molecule has 4 rings (SSSR count). The molecule has 1 aliphatic rings. The van der Waals surface area contributed by atoms with E-state index in [1.54, 1.807) is 38.3 Å². The van der Waals surface area contributed by atoms with E-state index in [0.717, 1.165) is 11.3 Å². The average molecular weight is 471 g/mol. The zero-order valence-corrected chi connectivity index (χ0v) is 19.3. The van der Waals surface area contributed by atoms with Gasteiger partial charge in [-0.25, -0.2) is 8.42 Å². The highest BCUT2D eigenvalue weighted by Gasteiger charge is 2.32. The van der Waals surface area contributed by atoms with Crippen LogP contribution in [0.1, 0.15) is 24.3 Å². The predicted octanol–water partition coefficient (Wildman–Crippen LogP) is 2.77. The van der Waals surface area contributed by atoms with Crippen LogP contribution in [-0.4, -0.2) is 49.0 Å². The second-order valence-electron chi connectivity index (χ2n) is 7.91. The van der Waals surface area contributed by atoms with Gasteiger partial charge in [0.25, 0.3) is 0 Å². The number of nitrogens with zero attached hydrogens (tertiary/aromatic N) is 3. The van der Waals surface area contributed by atoms with E-state index in [-0.39, 0.29) is 29.8 Å². The van der Waals surface area contributed by atoms with Gasteiger partial charge in [-0.05, 0) is 42.7 Å². The van der Waals surface area contributed by atoms with Crippen molar-refractivity contribution < 1.29 is 22.5 Å². The third kappa shape index (κ3) is 5.23. The quantitative estimate of drug-likeness (QED) is 0.565. The molecule has 1 saturated heterocycles. The van der Waals surface area contributed by atoms with Gasteiger partial charge in [0.15, 0.2) is 0 Å².